The molecule has 11 heteroatoms. The number of amides is 2. The van der Waals surface area contributed by atoms with Gasteiger partial charge in [-0.3, -0.25) is 20.4 Å². The molecular weight excluding hydrogens is 248 g/mol. The standard InChI is InChI=1S/C6H8N8O2S/c7-12-3-9-4(13-8)11-5(10-3)14-2(15)1-17-6(14)16/h1,7-8H2,(H2,9,10,11,12,13). The number of carbonyl (C=O) groups excluding carboxylic acids is 2. The molecule has 17 heavy (non-hydrogen) atoms. The van der Waals surface area contributed by atoms with Crippen LogP contribution in [0.4, 0.5) is 22.6 Å². The normalized spacial score (nSPS) is 15.3. The Bertz CT molecular complexity index is 441. The summed E-state index contributed by atoms with van der Waals surface area (Å²) in [6.45, 7) is 0. The van der Waals surface area contributed by atoms with Crippen molar-refractivity contribution in [1.29, 1.82) is 0 Å². The van der Waals surface area contributed by atoms with E-state index in [-0.39, 0.29) is 23.6 Å². The van der Waals surface area contributed by atoms with E-state index in [0.29, 0.717) is 0 Å². The highest BCUT2D eigenvalue weighted by Crippen LogP contribution is 2.24. The number of nitrogens with one attached hydrogen (secondary N) is 2. The minimum atomic E-state index is -0.452. The van der Waals surface area contributed by atoms with Crippen LogP contribution in [0.1, 0.15) is 0 Å². The zero-order valence-corrected chi connectivity index (χ0v) is 9.19. The van der Waals surface area contributed by atoms with Gasteiger partial charge in [0.25, 0.3) is 5.24 Å². The summed E-state index contributed by atoms with van der Waals surface area (Å²) < 4.78 is 0. The van der Waals surface area contributed by atoms with Gasteiger partial charge >= 0.3 is 0 Å². The lowest BCUT2D eigenvalue weighted by Crippen LogP contribution is -2.31. The van der Waals surface area contributed by atoms with Crippen LogP contribution in [0.2, 0.25) is 0 Å². The molecule has 1 aromatic heterocycles. The summed E-state index contributed by atoms with van der Waals surface area (Å²) in [6, 6.07) is 0. The maximum absolute atomic E-state index is 11.5. The molecule has 1 saturated heterocycles. The van der Waals surface area contributed by atoms with Gasteiger partial charge in [0.2, 0.25) is 23.8 Å². The molecule has 1 aliphatic heterocycles. The first-order chi connectivity index (χ1) is 8.15. The van der Waals surface area contributed by atoms with Crippen molar-refractivity contribution in [3.63, 3.8) is 0 Å². The van der Waals surface area contributed by atoms with E-state index in [2.05, 4.69) is 25.8 Å². The largest absolute Gasteiger partial charge is 0.295 e. The Morgan fingerprint density at radius 1 is 1.12 bits per heavy atom. The Kier molecular flexibility index (Phi) is 3.03. The van der Waals surface area contributed by atoms with Gasteiger partial charge in [0, 0.05) is 0 Å². The minimum absolute atomic E-state index is 0.0135. The van der Waals surface area contributed by atoms with E-state index in [1.54, 1.807) is 0 Å². The molecule has 6 N–H and O–H groups in total. The molecule has 90 valence electrons. The molecule has 0 unspecified atom stereocenters. The van der Waals surface area contributed by atoms with E-state index in [0.717, 1.165) is 16.7 Å². The number of aromatic nitrogens is 3. The van der Waals surface area contributed by atoms with Crippen LogP contribution in [0, 0.1) is 0 Å². The summed E-state index contributed by atoms with van der Waals surface area (Å²) in [5.74, 6) is 9.79. The monoisotopic (exact) mass is 256 g/mol. The summed E-state index contributed by atoms with van der Waals surface area (Å²) in [5, 5.41) is -0.452. The fourth-order valence-electron chi connectivity index (χ4n) is 1.14. The van der Waals surface area contributed by atoms with Crippen molar-refractivity contribution in [2.45, 2.75) is 0 Å². The van der Waals surface area contributed by atoms with Crippen LogP contribution >= 0.6 is 11.8 Å². The number of imide groups is 1. The van der Waals surface area contributed by atoms with Gasteiger partial charge in [-0.05, 0) is 0 Å². The minimum Gasteiger partial charge on any atom is -0.292 e. The van der Waals surface area contributed by atoms with E-state index in [9.17, 15) is 9.59 Å². The molecule has 0 bridgehead atoms. The maximum Gasteiger partial charge on any atom is 0.295 e. The van der Waals surface area contributed by atoms with E-state index in [1.807, 2.05) is 0 Å². The van der Waals surface area contributed by atoms with Crippen molar-refractivity contribution in [1.82, 2.24) is 15.0 Å². The Hall–Kier alpha value is -1.98. The van der Waals surface area contributed by atoms with Gasteiger partial charge < -0.3 is 0 Å². The van der Waals surface area contributed by atoms with Gasteiger partial charge in [-0.15, -0.1) is 0 Å². The Balaban J connectivity index is 2.43. The second-order valence-corrected chi connectivity index (χ2v) is 3.78. The SMILES string of the molecule is NNc1nc(NN)nc(N2C(=O)CSC2=O)n1. The number of nitrogen functional groups attached to an aromatic ring is 2. The highest BCUT2D eigenvalue weighted by atomic mass is 32.2. The van der Waals surface area contributed by atoms with Crippen molar-refractivity contribution >= 4 is 40.8 Å². The number of thioether (sulfide) groups is 1. The first-order valence-electron chi connectivity index (χ1n) is 4.34. The number of nitrogens with two attached hydrogens (primary N) is 2. The molecule has 0 atom stereocenters. The molecule has 0 aliphatic carbocycles. The van der Waals surface area contributed by atoms with Crippen molar-refractivity contribution in [3.05, 3.63) is 0 Å². The van der Waals surface area contributed by atoms with Crippen molar-refractivity contribution in [2.75, 3.05) is 21.5 Å². The molecule has 0 radical (unpaired) electrons. The van der Waals surface area contributed by atoms with Gasteiger partial charge in [0.15, 0.2) is 0 Å². The lowest BCUT2D eigenvalue weighted by Gasteiger charge is -2.12. The molecule has 10 nitrogen and oxygen atoms in total. The van der Waals surface area contributed by atoms with Crippen molar-refractivity contribution in [2.24, 2.45) is 11.7 Å². The second-order valence-electron chi connectivity index (χ2n) is 2.86. The summed E-state index contributed by atoms with van der Waals surface area (Å²) in [4.78, 5) is 35.1. The van der Waals surface area contributed by atoms with E-state index >= 15 is 0 Å². The third-order valence-corrected chi connectivity index (χ3v) is 2.65. The molecule has 2 amide bonds. The third-order valence-electron chi connectivity index (χ3n) is 1.83. The fourth-order valence-corrected chi connectivity index (χ4v) is 1.83. The fraction of sp³-hybridized carbons (Fsp3) is 0.167. The topological polar surface area (TPSA) is 152 Å². The Morgan fingerprint density at radius 2 is 1.71 bits per heavy atom. The Morgan fingerprint density at radius 3 is 2.12 bits per heavy atom. The summed E-state index contributed by atoms with van der Waals surface area (Å²) in [6.07, 6.45) is 0. The summed E-state index contributed by atoms with van der Waals surface area (Å²) in [5.41, 5.74) is 4.36. The third kappa shape index (κ3) is 2.11. The van der Waals surface area contributed by atoms with Gasteiger partial charge in [0.1, 0.15) is 0 Å². The van der Waals surface area contributed by atoms with Crippen molar-refractivity contribution < 1.29 is 9.59 Å². The van der Waals surface area contributed by atoms with Crippen LogP contribution in [-0.2, 0) is 4.79 Å². The summed E-state index contributed by atoms with van der Waals surface area (Å²) >= 11 is 0.869. The number of hydrogen-bond acceptors (Lipinski definition) is 10. The molecule has 1 fully saturated rings. The average Bonchev–Trinajstić information content (AvgIpc) is 2.68. The van der Waals surface area contributed by atoms with E-state index in [4.69, 9.17) is 11.7 Å². The smallest absolute Gasteiger partial charge is 0.292 e. The molecule has 0 aromatic carbocycles. The number of rotatable bonds is 3. The molecule has 1 aliphatic rings. The quantitative estimate of drug-likeness (QED) is 0.377. The number of hydrogen-bond donors (Lipinski definition) is 4. The lowest BCUT2D eigenvalue weighted by molar-refractivity contribution is -0.115. The van der Waals surface area contributed by atoms with Crippen LogP contribution in [0.15, 0.2) is 0 Å². The molecular formula is C6H8N8O2S. The first-order valence-corrected chi connectivity index (χ1v) is 5.33. The van der Waals surface area contributed by atoms with Crippen LogP contribution in [0.25, 0.3) is 0 Å². The highest BCUT2D eigenvalue weighted by Gasteiger charge is 2.34. The second kappa shape index (κ2) is 4.48. The first kappa shape index (κ1) is 11.5. The van der Waals surface area contributed by atoms with Crippen molar-refractivity contribution in [3.8, 4) is 0 Å². The molecule has 0 saturated carbocycles. The van der Waals surface area contributed by atoms with Gasteiger partial charge in [0.05, 0.1) is 5.75 Å². The number of carbonyl (C=O) groups is 2. The number of nitrogens with zero attached hydrogens (tertiary/aromatic N) is 4. The Labute approximate surface area is 99.1 Å². The predicted molar refractivity (Wildman–Crippen MR) is 60.8 cm³/mol. The molecule has 0 spiro atoms. The van der Waals surface area contributed by atoms with E-state index < -0.39 is 11.1 Å². The molecule has 1 aromatic rings. The van der Waals surface area contributed by atoms with Gasteiger partial charge in [-0.25, -0.2) is 16.6 Å². The number of hydrazine groups is 2. The zero-order chi connectivity index (χ0) is 12.4. The zero-order valence-electron chi connectivity index (χ0n) is 8.38. The maximum atomic E-state index is 11.5. The molecule has 2 rings (SSSR count). The summed E-state index contributed by atoms with van der Waals surface area (Å²) in [7, 11) is 0. The van der Waals surface area contributed by atoms with Gasteiger partial charge in [-0.2, -0.15) is 15.0 Å². The van der Waals surface area contributed by atoms with Crippen LogP contribution in [-0.4, -0.2) is 31.9 Å². The highest BCUT2D eigenvalue weighted by molar-refractivity contribution is 8.15. The van der Waals surface area contributed by atoms with Crippen LogP contribution < -0.4 is 27.4 Å². The van der Waals surface area contributed by atoms with Crippen LogP contribution in [0.3, 0.4) is 0 Å². The van der Waals surface area contributed by atoms with Crippen LogP contribution in [0.5, 0.6) is 0 Å². The lowest BCUT2D eigenvalue weighted by atomic mass is 10.6. The van der Waals surface area contributed by atoms with Gasteiger partial charge in [-0.1, -0.05) is 11.8 Å². The predicted octanol–water partition coefficient (Wildman–Crippen LogP) is -1.36. The van der Waals surface area contributed by atoms with E-state index in [1.165, 1.54) is 0 Å². The number of anilines is 3. The average molecular weight is 256 g/mol. The molecule has 2 heterocycles.